The highest BCUT2D eigenvalue weighted by Gasteiger charge is 2.10. The Labute approximate surface area is 155 Å². The third-order valence-electron chi connectivity index (χ3n) is 4.56. The molecule has 0 bridgehead atoms. The van der Waals surface area contributed by atoms with Crippen molar-refractivity contribution in [1.82, 2.24) is 0 Å². The molecule has 0 N–H and O–H groups in total. The molecule has 2 aromatic carbocycles. The molecule has 0 fully saturated rings. The minimum absolute atomic E-state index is 0.205. The van der Waals surface area contributed by atoms with Gasteiger partial charge in [-0.25, -0.2) is 4.79 Å². The summed E-state index contributed by atoms with van der Waals surface area (Å²) in [5.41, 5.74) is 0.668. The highest BCUT2D eigenvalue weighted by molar-refractivity contribution is 6.08. The minimum atomic E-state index is -0.205. The molecule has 0 saturated carbocycles. The molecule has 25 heavy (non-hydrogen) atoms. The lowest BCUT2D eigenvalue weighted by atomic mass is 10.0. The zero-order valence-electron chi connectivity index (χ0n) is 15.1. The van der Waals surface area contributed by atoms with Crippen molar-refractivity contribution in [2.45, 2.75) is 63.8 Å². The number of carbonyl (C=O) groups excluding carboxylic acids is 1. The third kappa shape index (κ3) is 7.03. The number of carbonyl (C=O) groups is 1. The van der Waals surface area contributed by atoms with Gasteiger partial charge in [0, 0.05) is 10.2 Å². The van der Waals surface area contributed by atoms with Gasteiger partial charge < -0.3 is 4.74 Å². The van der Waals surface area contributed by atoms with Gasteiger partial charge in [0.25, 0.3) is 0 Å². The summed E-state index contributed by atoms with van der Waals surface area (Å²) in [6, 6.07) is 14.8. The van der Waals surface area contributed by atoms with Gasteiger partial charge in [-0.15, -0.1) is 0 Å². The van der Waals surface area contributed by atoms with Crippen LogP contribution < -0.4 is 0 Å². The fraction of sp³-hybridized carbons (Fsp3) is 0.500. The third-order valence-corrected chi connectivity index (χ3v) is 4.92. The molecule has 0 spiro atoms. The van der Waals surface area contributed by atoms with E-state index in [-0.39, 0.29) is 5.97 Å². The number of rotatable bonds is 12. The van der Waals surface area contributed by atoms with Gasteiger partial charge in [-0.2, -0.15) is 0 Å². The first-order valence-electron chi connectivity index (χ1n) is 9.62. The van der Waals surface area contributed by atoms with Crippen LogP contribution in [0.3, 0.4) is 0 Å². The Hall–Kier alpha value is -1.61. The number of fused-ring (bicyclic) bond motifs is 1. The van der Waals surface area contributed by atoms with Crippen molar-refractivity contribution >= 4 is 27.0 Å². The lowest BCUT2D eigenvalue weighted by Gasteiger charge is -2.07. The average molecular weight is 354 g/mol. The Kier molecular flexibility index (Phi) is 9.35. The van der Waals surface area contributed by atoms with Gasteiger partial charge in [-0.3, -0.25) is 0 Å². The van der Waals surface area contributed by atoms with E-state index < -0.39 is 0 Å². The van der Waals surface area contributed by atoms with E-state index in [9.17, 15) is 4.79 Å². The monoisotopic (exact) mass is 353 g/mol. The Morgan fingerprint density at radius 2 is 1.36 bits per heavy atom. The number of esters is 1. The van der Waals surface area contributed by atoms with Gasteiger partial charge in [0.1, 0.15) is 0 Å². The minimum Gasteiger partial charge on any atom is -0.462 e. The van der Waals surface area contributed by atoms with Crippen molar-refractivity contribution in [3.8, 4) is 0 Å². The number of ether oxygens (including phenoxy) is 1. The van der Waals surface area contributed by atoms with Crippen molar-refractivity contribution in [3.63, 3.8) is 0 Å². The molecule has 3 heteroatoms. The largest absolute Gasteiger partial charge is 0.462 e. The summed E-state index contributed by atoms with van der Waals surface area (Å²) in [6.07, 6.45) is 11.3. The SMILES string of the molecule is O=C(OCCCCCCCCCCC[Si])c1cccc2ccccc12. The molecule has 2 rings (SSSR count). The average Bonchev–Trinajstić information content (AvgIpc) is 2.65. The number of hydrogen-bond acceptors (Lipinski definition) is 2. The second-order valence-corrected chi connectivity index (χ2v) is 7.09. The summed E-state index contributed by atoms with van der Waals surface area (Å²) >= 11 is 0. The number of hydrogen-bond donors (Lipinski definition) is 0. The summed E-state index contributed by atoms with van der Waals surface area (Å²) in [4.78, 5) is 12.3. The van der Waals surface area contributed by atoms with E-state index in [0.717, 1.165) is 29.7 Å². The van der Waals surface area contributed by atoms with E-state index in [0.29, 0.717) is 12.2 Å². The van der Waals surface area contributed by atoms with Crippen LogP contribution in [0.2, 0.25) is 6.04 Å². The zero-order chi connectivity index (χ0) is 17.7. The zero-order valence-corrected chi connectivity index (χ0v) is 16.1. The molecular formula is C22H29O2Si. The molecule has 0 heterocycles. The molecule has 2 nitrogen and oxygen atoms in total. The van der Waals surface area contributed by atoms with Crippen LogP contribution >= 0.6 is 0 Å². The first-order chi connectivity index (χ1) is 12.3. The number of unbranched alkanes of at least 4 members (excludes halogenated alkanes) is 8. The lowest BCUT2D eigenvalue weighted by Crippen LogP contribution is -2.07. The van der Waals surface area contributed by atoms with Crippen molar-refractivity contribution < 1.29 is 9.53 Å². The maximum absolute atomic E-state index is 12.3. The molecule has 0 aliphatic carbocycles. The van der Waals surface area contributed by atoms with Gasteiger partial charge >= 0.3 is 5.97 Å². The maximum atomic E-state index is 12.3. The van der Waals surface area contributed by atoms with Crippen LogP contribution in [0.5, 0.6) is 0 Å². The van der Waals surface area contributed by atoms with Crippen LogP contribution in [0.1, 0.15) is 68.1 Å². The van der Waals surface area contributed by atoms with Crippen LogP contribution in [-0.2, 0) is 4.74 Å². The quantitative estimate of drug-likeness (QED) is 0.262. The summed E-state index contributed by atoms with van der Waals surface area (Å²) in [6.45, 7) is 0.521. The fourth-order valence-corrected chi connectivity index (χ4v) is 3.36. The molecule has 133 valence electrons. The summed E-state index contributed by atoms with van der Waals surface area (Å²) < 4.78 is 5.46. The molecule has 3 radical (unpaired) electrons. The molecular weight excluding hydrogens is 324 g/mol. The highest BCUT2D eigenvalue weighted by atomic mass is 28.1. The standard InChI is InChI=1S/C22H29O2Si/c23-22(21-16-12-14-19-13-8-9-15-20(19)21)24-17-10-6-4-2-1-3-5-7-11-18-25/h8-9,12-16H,1-7,10-11,17-18H2. The first kappa shape index (κ1) is 19.7. The molecule has 0 amide bonds. The normalized spacial score (nSPS) is 10.9. The van der Waals surface area contributed by atoms with Gasteiger partial charge in [-0.05, 0) is 23.3 Å². The van der Waals surface area contributed by atoms with Crippen molar-refractivity contribution in [1.29, 1.82) is 0 Å². The molecule has 2 aromatic rings. The molecule has 0 atom stereocenters. The van der Waals surface area contributed by atoms with Crippen LogP contribution in [0.15, 0.2) is 42.5 Å². The second-order valence-electron chi connectivity index (χ2n) is 6.59. The topological polar surface area (TPSA) is 26.3 Å². The fourth-order valence-electron chi connectivity index (χ4n) is 3.11. The van der Waals surface area contributed by atoms with Crippen LogP contribution in [0, 0.1) is 0 Å². The Morgan fingerprint density at radius 1 is 0.760 bits per heavy atom. The summed E-state index contributed by atoms with van der Waals surface area (Å²) in [5, 5.41) is 2.04. The Balaban J connectivity index is 1.58. The Bertz CT molecular complexity index is 633. The molecule has 0 aliphatic rings. The summed E-state index contributed by atoms with van der Waals surface area (Å²) in [7, 11) is 3.51. The van der Waals surface area contributed by atoms with E-state index in [1.807, 2.05) is 42.5 Å². The van der Waals surface area contributed by atoms with E-state index >= 15 is 0 Å². The molecule has 0 saturated heterocycles. The smallest absolute Gasteiger partial charge is 0.338 e. The van der Waals surface area contributed by atoms with Crippen LogP contribution in [0.4, 0.5) is 0 Å². The van der Waals surface area contributed by atoms with Gasteiger partial charge in [0.2, 0.25) is 0 Å². The Morgan fingerprint density at radius 3 is 2.08 bits per heavy atom. The second kappa shape index (κ2) is 11.9. The van der Waals surface area contributed by atoms with E-state index in [1.165, 1.54) is 44.9 Å². The van der Waals surface area contributed by atoms with Crippen molar-refractivity contribution in [2.24, 2.45) is 0 Å². The molecule has 0 unspecified atom stereocenters. The van der Waals surface area contributed by atoms with Crippen LogP contribution in [-0.4, -0.2) is 22.8 Å². The van der Waals surface area contributed by atoms with Gasteiger partial charge in [-0.1, -0.05) is 93.8 Å². The van der Waals surface area contributed by atoms with E-state index in [1.54, 1.807) is 0 Å². The van der Waals surface area contributed by atoms with Crippen molar-refractivity contribution in [3.05, 3.63) is 48.0 Å². The first-order valence-corrected chi connectivity index (χ1v) is 10.3. The van der Waals surface area contributed by atoms with Crippen LogP contribution in [0.25, 0.3) is 10.8 Å². The lowest BCUT2D eigenvalue weighted by molar-refractivity contribution is 0.0500. The molecule has 0 aliphatic heterocycles. The molecule has 0 aromatic heterocycles. The van der Waals surface area contributed by atoms with E-state index in [4.69, 9.17) is 4.74 Å². The highest BCUT2D eigenvalue weighted by Crippen LogP contribution is 2.19. The maximum Gasteiger partial charge on any atom is 0.338 e. The van der Waals surface area contributed by atoms with Gasteiger partial charge in [0.05, 0.1) is 12.2 Å². The van der Waals surface area contributed by atoms with E-state index in [2.05, 4.69) is 10.2 Å². The summed E-state index contributed by atoms with van der Waals surface area (Å²) in [5.74, 6) is -0.205. The number of benzene rings is 2. The van der Waals surface area contributed by atoms with Gasteiger partial charge in [0.15, 0.2) is 0 Å². The predicted molar refractivity (Wildman–Crippen MR) is 106 cm³/mol. The van der Waals surface area contributed by atoms with Crippen molar-refractivity contribution in [2.75, 3.05) is 6.61 Å². The predicted octanol–water partition coefficient (Wildman–Crippen LogP) is 6.09.